The van der Waals surface area contributed by atoms with Crippen molar-refractivity contribution in [2.24, 2.45) is 0 Å². The minimum Gasteiger partial charge on any atom is -0.618 e. The van der Waals surface area contributed by atoms with Crippen LogP contribution in [0, 0.1) is 11.0 Å². The molecule has 0 radical (unpaired) electrons. The molecule has 2 amide bonds. The maximum atomic E-state index is 13.0. The number of amides is 2. The minimum absolute atomic E-state index is 0.192. The highest BCUT2D eigenvalue weighted by Crippen LogP contribution is 2.27. The molecule has 1 atom stereocenters. The summed E-state index contributed by atoms with van der Waals surface area (Å²) in [5.41, 5.74) is -1.70. The van der Waals surface area contributed by atoms with Crippen LogP contribution >= 0.6 is 0 Å². The molecule has 1 N–H and O–H groups in total. The quantitative estimate of drug-likeness (QED) is 0.296. The molecule has 2 aromatic heterocycles. The van der Waals surface area contributed by atoms with E-state index in [1.54, 1.807) is 19.1 Å². The van der Waals surface area contributed by atoms with Gasteiger partial charge in [0, 0.05) is 38.3 Å². The lowest BCUT2D eigenvalue weighted by Gasteiger charge is -2.37. The molecule has 0 saturated carbocycles. The second-order valence-corrected chi connectivity index (χ2v) is 8.55. The standard InChI is InChI=1S/C25H23F4N5O4/c1-16(23(35)31-22-7-6-20(15-30-22)38-19-4-2-18(26)3-5-19)32-10-12-33(13-11-32)24(36)17-8-9-34(37)21(14-17)25(27,28)29/h2-9,14-16H,10-13H2,1H3,(H,30,31,35)/t16-/m0/s1. The number of benzene rings is 1. The van der Waals surface area contributed by atoms with Gasteiger partial charge in [-0.25, -0.2) is 9.37 Å². The Morgan fingerprint density at radius 1 is 1.05 bits per heavy atom. The Balaban J connectivity index is 1.29. The third kappa shape index (κ3) is 6.35. The molecule has 0 aliphatic carbocycles. The summed E-state index contributed by atoms with van der Waals surface area (Å²) in [5, 5.41) is 14.1. The summed E-state index contributed by atoms with van der Waals surface area (Å²) in [7, 11) is 0. The van der Waals surface area contributed by atoms with Crippen LogP contribution < -0.4 is 14.8 Å². The van der Waals surface area contributed by atoms with Gasteiger partial charge in [-0.2, -0.15) is 17.9 Å². The molecule has 1 aromatic carbocycles. The average Bonchev–Trinajstić information content (AvgIpc) is 2.90. The first-order chi connectivity index (χ1) is 18.0. The fourth-order valence-electron chi connectivity index (χ4n) is 3.87. The van der Waals surface area contributed by atoms with Crippen molar-refractivity contribution in [2.75, 3.05) is 31.5 Å². The molecule has 1 aliphatic heterocycles. The molecule has 1 saturated heterocycles. The Kier molecular flexibility index (Phi) is 7.76. The van der Waals surface area contributed by atoms with Crippen molar-refractivity contribution in [3.8, 4) is 11.5 Å². The lowest BCUT2D eigenvalue weighted by Crippen LogP contribution is -2.54. The number of rotatable bonds is 6. The van der Waals surface area contributed by atoms with E-state index in [0.717, 1.165) is 6.07 Å². The predicted octanol–water partition coefficient (Wildman–Crippen LogP) is 3.45. The predicted molar refractivity (Wildman–Crippen MR) is 127 cm³/mol. The average molecular weight is 533 g/mol. The number of pyridine rings is 2. The number of hydrogen-bond donors (Lipinski definition) is 1. The maximum absolute atomic E-state index is 13.0. The highest BCUT2D eigenvalue weighted by atomic mass is 19.4. The van der Waals surface area contributed by atoms with Crippen LogP contribution in [0.15, 0.2) is 60.9 Å². The second-order valence-electron chi connectivity index (χ2n) is 8.55. The summed E-state index contributed by atoms with van der Waals surface area (Å²) in [6.07, 6.45) is -2.81. The number of aromatic nitrogens is 2. The largest absolute Gasteiger partial charge is 0.618 e. The van der Waals surface area contributed by atoms with Gasteiger partial charge in [0.05, 0.1) is 17.8 Å². The normalized spacial score (nSPS) is 15.1. The van der Waals surface area contributed by atoms with E-state index < -0.39 is 23.8 Å². The number of piperazine rings is 1. The van der Waals surface area contributed by atoms with E-state index in [-0.39, 0.29) is 35.1 Å². The van der Waals surface area contributed by atoms with Crippen LogP contribution in [0.3, 0.4) is 0 Å². The van der Waals surface area contributed by atoms with Gasteiger partial charge in [-0.1, -0.05) is 0 Å². The summed E-state index contributed by atoms with van der Waals surface area (Å²) < 4.78 is 57.3. The van der Waals surface area contributed by atoms with E-state index in [0.29, 0.717) is 42.7 Å². The van der Waals surface area contributed by atoms with Crippen LogP contribution in [0.1, 0.15) is 23.0 Å². The van der Waals surface area contributed by atoms with Gasteiger partial charge in [0.25, 0.3) is 11.6 Å². The minimum atomic E-state index is -4.88. The van der Waals surface area contributed by atoms with Crippen molar-refractivity contribution in [2.45, 2.75) is 19.1 Å². The van der Waals surface area contributed by atoms with Crippen molar-refractivity contribution >= 4 is 17.6 Å². The highest BCUT2D eigenvalue weighted by molar-refractivity contribution is 5.95. The zero-order valence-corrected chi connectivity index (χ0v) is 20.1. The van der Waals surface area contributed by atoms with Crippen LogP contribution in [0.5, 0.6) is 11.5 Å². The number of halogens is 4. The topological polar surface area (TPSA) is 102 Å². The van der Waals surface area contributed by atoms with E-state index in [1.807, 2.05) is 4.90 Å². The molecule has 3 aromatic rings. The fourth-order valence-corrected chi connectivity index (χ4v) is 3.87. The number of carbonyl (C=O) groups is 2. The first-order valence-electron chi connectivity index (χ1n) is 11.6. The molecule has 13 heteroatoms. The van der Waals surface area contributed by atoms with Crippen molar-refractivity contribution in [3.05, 3.63) is 83.2 Å². The summed E-state index contributed by atoms with van der Waals surface area (Å²) in [5.74, 6) is -0.221. The molecule has 38 heavy (non-hydrogen) atoms. The summed E-state index contributed by atoms with van der Waals surface area (Å²) in [6, 6.07) is 9.66. The smallest absolute Gasteiger partial charge is 0.478 e. The molecule has 200 valence electrons. The van der Waals surface area contributed by atoms with E-state index in [4.69, 9.17) is 4.74 Å². The van der Waals surface area contributed by atoms with Crippen LogP contribution in [0.2, 0.25) is 0 Å². The van der Waals surface area contributed by atoms with Gasteiger partial charge < -0.3 is 20.2 Å². The number of ether oxygens (including phenoxy) is 1. The Morgan fingerprint density at radius 2 is 1.71 bits per heavy atom. The van der Waals surface area contributed by atoms with Crippen molar-refractivity contribution in [1.29, 1.82) is 0 Å². The van der Waals surface area contributed by atoms with Gasteiger partial charge in [-0.05, 0) is 43.3 Å². The Hall–Kier alpha value is -4.26. The molecule has 9 nitrogen and oxygen atoms in total. The first kappa shape index (κ1) is 26.8. The molecule has 3 heterocycles. The molecular formula is C25H23F4N5O4. The van der Waals surface area contributed by atoms with E-state index in [1.165, 1.54) is 35.4 Å². The molecule has 4 rings (SSSR count). The van der Waals surface area contributed by atoms with Crippen LogP contribution in [-0.4, -0.2) is 58.8 Å². The number of alkyl halides is 3. The van der Waals surface area contributed by atoms with Crippen LogP contribution in [0.4, 0.5) is 23.4 Å². The number of carbonyl (C=O) groups excluding carboxylic acids is 2. The van der Waals surface area contributed by atoms with Gasteiger partial charge in [-0.3, -0.25) is 14.5 Å². The summed E-state index contributed by atoms with van der Waals surface area (Å²) >= 11 is 0. The number of anilines is 1. The number of nitrogens with one attached hydrogen (secondary N) is 1. The SMILES string of the molecule is C[C@@H](C(=O)Nc1ccc(Oc2ccc(F)cc2)cn1)N1CCN(C(=O)c2cc[n+]([O-])c(C(F)(F)F)c2)CC1. The van der Waals surface area contributed by atoms with E-state index in [2.05, 4.69) is 10.3 Å². The van der Waals surface area contributed by atoms with Gasteiger partial charge in [-0.15, -0.1) is 0 Å². The molecule has 0 unspecified atom stereocenters. The third-order valence-electron chi connectivity index (χ3n) is 6.02. The lowest BCUT2D eigenvalue weighted by atomic mass is 10.1. The summed E-state index contributed by atoms with van der Waals surface area (Å²) in [6.45, 7) is 2.71. The van der Waals surface area contributed by atoms with Gasteiger partial charge in [0.2, 0.25) is 5.91 Å². The molecule has 0 spiro atoms. The zero-order chi connectivity index (χ0) is 27.4. The van der Waals surface area contributed by atoms with Crippen molar-refractivity contribution < 1.29 is 36.6 Å². The van der Waals surface area contributed by atoms with Crippen LogP contribution in [-0.2, 0) is 11.0 Å². The highest BCUT2D eigenvalue weighted by Gasteiger charge is 2.40. The zero-order valence-electron chi connectivity index (χ0n) is 20.1. The Labute approximate surface area is 214 Å². The Morgan fingerprint density at radius 3 is 2.32 bits per heavy atom. The molecule has 1 fully saturated rings. The molecule has 1 aliphatic rings. The lowest BCUT2D eigenvalue weighted by molar-refractivity contribution is -0.629. The summed E-state index contributed by atoms with van der Waals surface area (Å²) in [4.78, 5) is 32.8. The van der Waals surface area contributed by atoms with Crippen LogP contribution in [0.25, 0.3) is 0 Å². The second kappa shape index (κ2) is 11.0. The molecule has 0 bridgehead atoms. The van der Waals surface area contributed by atoms with Gasteiger partial charge in [0.1, 0.15) is 23.1 Å². The first-order valence-corrected chi connectivity index (χ1v) is 11.6. The maximum Gasteiger partial charge on any atom is 0.478 e. The van der Waals surface area contributed by atoms with Crippen molar-refractivity contribution in [1.82, 2.24) is 14.8 Å². The monoisotopic (exact) mass is 533 g/mol. The van der Waals surface area contributed by atoms with Crippen molar-refractivity contribution in [3.63, 3.8) is 0 Å². The van der Waals surface area contributed by atoms with E-state index >= 15 is 0 Å². The Bertz CT molecular complexity index is 1290. The fraction of sp³-hybridized carbons (Fsp3) is 0.280. The van der Waals surface area contributed by atoms with Gasteiger partial charge >= 0.3 is 6.18 Å². The third-order valence-corrected chi connectivity index (χ3v) is 6.02. The molecular weight excluding hydrogens is 510 g/mol. The van der Waals surface area contributed by atoms with Gasteiger partial charge in [0.15, 0.2) is 6.20 Å². The number of nitrogens with zero attached hydrogens (tertiary/aromatic N) is 4. The van der Waals surface area contributed by atoms with E-state index in [9.17, 15) is 32.4 Å². The number of hydrogen-bond acceptors (Lipinski definition) is 6.